The van der Waals surface area contributed by atoms with E-state index in [9.17, 15) is 9.59 Å². The van der Waals surface area contributed by atoms with E-state index in [1.54, 1.807) is 6.20 Å². The van der Waals surface area contributed by atoms with Crippen LogP contribution in [0.5, 0.6) is 0 Å². The van der Waals surface area contributed by atoms with Crippen LogP contribution in [0.25, 0.3) is 0 Å². The number of carbonyl (C=O) groups is 2. The van der Waals surface area contributed by atoms with E-state index in [4.69, 9.17) is 0 Å². The lowest BCUT2D eigenvalue weighted by Crippen LogP contribution is -2.42. The second-order valence-electron chi connectivity index (χ2n) is 3.18. The Morgan fingerprint density at radius 2 is 2.33 bits per heavy atom. The first-order chi connectivity index (χ1) is 7.13. The van der Waals surface area contributed by atoms with Crippen molar-refractivity contribution in [2.45, 2.75) is 19.4 Å². The Morgan fingerprint density at radius 1 is 1.60 bits per heavy atom. The van der Waals surface area contributed by atoms with Gasteiger partial charge in [-0.1, -0.05) is 0 Å². The van der Waals surface area contributed by atoms with Crippen LogP contribution in [0, 0.1) is 0 Å². The summed E-state index contributed by atoms with van der Waals surface area (Å²) in [5, 5.41) is 2.54. The fourth-order valence-corrected chi connectivity index (χ4v) is 1.30. The van der Waals surface area contributed by atoms with Gasteiger partial charge in [-0.15, -0.1) is 0 Å². The van der Waals surface area contributed by atoms with Gasteiger partial charge in [0.1, 0.15) is 6.04 Å². The van der Waals surface area contributed by atoms with Crippen LogP contribution in [0.1, 0.15) is 12.6 Å². The van der Waals surface area contributed by atoms with Crippen molar-refractivity contribution in [3.8, 4) is 0 Å². The molecule has 0 spiro atoms. The number of hydrogen-bond donors (Lipinski definition) is 2. The van der Waals surface area contributed by atoms with E-state index in [0.29, 0.717) is 6.42 Å². The number of esters is 1. The molecule has 1 unspecified atom stereocenters. The van der Waals surface area contributed by atoms with E-state index in [-0.39, 0.29) is 5.91 Å². The van der Waals surface area contributed by atoms with Crippen LogP contribution in [0.15, 0.2) is 18.3 Å². The molecule has 0 aliphatic rings. The molecule has 0 aliphatic heterocycles. The fraction of sp³-hybridized carbons (Fsp3) is 0.400. The van der Waals surface area contributed by atoms with E-state index in [1.807, 2.05) is 12.1 Å². The number of rotatable bonds is 4. The molecule has 1 aromatic heterocycles. The lowest BCUT2D eigenvalue weighted by atomic mass is 10.1. The number of carbonyl (C=O) groups excluding carboxylic acids is 2. The van der Waals surface area contributed by atoms with Crippen LogP contribution in [0.2, 0.25) is 0 Å². The standard InChI is InChI=1S/C10H14N2O3/c1-7(13)12-9(10(14)15-2)6-8-4-3-5-11-8/h3-5,9,11H,6H2,1-2H3,(H,12,13). The van der Waals surface area contributed by atoms with Crippen molar-refractivity contribution in [3.05, 3.63) is 24.0 Å². The van der Waals surface area contributed by atoms with Gasteiger partial charge in [0.2, 0.25) is 5.91 Å². The number of aromatic nitrogens is 1. The lowest BCUT2D eigenvalue weighted by molar-refractivity contribution is -0.144. The van der Waals surface area contributed by atoms with Crippen molar-refractivity contribution in [3.63, 3.8) is 0 Å². The van der Waals surface area contributed by atoms with Gasteiger partial charge in [0.25, 0.3) is 0 Å². The maximum atomic E-state index is 11.3. The first-order valence-corrected chi connectivity index (χ1v) is 4.60. The van der Waals surface area contributed by atoms with Crippen LogP contribution in [0.4, 0.5) is 0 Å². The lowest BCUT2D eigenvalue weighted by Gasteiger charge is -2.14. The monoisotopic (exact) mass is 210 g/mol. The summed E-state index contributed by atoms with van der Waals surface area (Å²) in [6, 6.07) is 3.04. The van der Waals surface area contributed by atoms with E-state index >= 15 is 0 Å². The third kappa shape index (κ3) is 3.46. The molecule has 0 saturated heterocycles. The molecule has 1 rings (SSSR count). The van der Waals surface area contributed by atoms with Crippen molar-refractivity contribution in [1.82, 2.24) is 10.3 Å². The predicted octanol–water partition coefficient (Wildman–Crippen LogP) is 0.235. The molecule has 15 heavy (non-hydrogen) atoms. The molecule has 1 atom stereocenters. The van der Waals surface area contributed by atoms with E-state index in [0.717, 1.165) is 5.69 Å². The van der Waals surface area contributed by atoms with Gasteiger partial charge in [0.15, 0.2) is 0 Å². The molecule has 2 N–H and O–H groups in total. The molecule has 5 nitrogen and oxygen atoms in total. The first-order valence-electron chi connectivity index (χ1n) is 4.60. The van der Waals surface area contributed by atoms with Crippen LogP contribution >= 0.6 is 0 Å². The molecule has 0 radical (unpaired) electrons. The third-order valence-electron chi connectivity index (χ3n) is 1.95. The SMILES string of the molecule is COC(=O)C(Cc1ccc[nH]1)NC(C)=O. The summed E-state index contributed by atoms with van der Waals surface area (Å²) in [7, 11) is 1.30. The number of hydrogen-bond acceptors (Lipinski definition) is 3. The van der Waals surface area contributed by atoms with Crippen LogP contribution < -0.4 is 5.32 Å². The number of amides is 1. The second kappa shape index (κ2) is 5.19. The topological polar surface area (TPSA) is 71.2 Å². The number of H-pyrrole nitrogens is 1. The minimum atomic E-state index is -0.633. The van der Waals surface area contributed by atoms with Gasteiger partial charge < -0.3 is 15.0 Å². The van der Waals surface area contributed by atoms with Crippen molar-refractivity contribution in [1.29, 1.82) is 0 Å². The molecule has 1 amide bonds. The van der Waals surface area contributed by atoms with Gasteiger partial charge in [-0.05, 0) is 12.1 Å². The van der Waals surface area contributed by atoms with Crippen LogP contribution in [-0.4, -0.2) is 30.0 Å². The highest BCUT2D eigenvalue weighted by molar-refractivity contribution is 5.83. The molecular weight excluding hydrogens is 196 g/mol. The zero-order valence-electron chi connectivity index (χ0n) is 8.74. The molecule has 1 heterocycles. The van der Waals surface area contributed by atoms with Crippen molar-refractivity contribution in [2.75, 3.05) is 7.11 Å². The summed E-state index contributed by atoms with van der Waals surface area (Å²) in [4.78, 5) is 25.2. The number of methoxy groups -OCH3 is 1. The first kappa shape index (κ1) is 11.3. The maximum Gasteiger partial charge on any atom is 0.328 e. The normalized spacial score (nSPS) is 11.9. The van der Waals surface area contributed by atoms with Gasteiger partial charge in [0.05, 0.1) is 7.11 Å². The number of aromatic amines is 1. The Bertz CT molecular complexity index is 332. The molecule has 0 aliphatic carbocycles. The fourth-order valence-electron chi connectivity index (χ4n) is 1.30. The molecule has 0 bridgehead atoms. The smallest absolute Gasteiger partial charge is 0.328 e. The summed E-state index contributed by atoms with van der Waals surface area (Å²) < 4.78 is 4.59. The Kier molecular flexibility index (Phi) is 3.91. The Morgan fingerprint density at radius 3 is 2.80 bits per heavy atom. The Labute approximate surface area is 87.8 Å². The molecule has 82 valence electrons. The summed E-state index contributed by atoms with van der Waals surface area (Å²) in [5.41, 5.74) is 0.874. The summed E-state index contributed by atoms with van der Waals surface area (Å²) in [6.45, 7) is 1.37. The molecule has 5 heteroatoms. The third-order valence-corrected chi connectivity index (χ3v) is 1.95. The highest BCUT2D eigenvalue weighted by atomic mass is 16.5. The predicted molar refractivity (Wildman–Crippen MR) is 54.1 cm³/mol. The molecule has 0 saturated carbocycles. The summed E-state index contributed by atoms with van der Waals surface area (Å²) in [6.07, 6.45) is 2.16. The van der Waals surface area contributed by atoms with Crippen molar-refractivity contribution >= 4 is 11.9 Å². The number of nitrogens with one attached hydrogen (secondary N) is 2. The average Bonchev–Trinajstić information content (AvgIpc) is 2.67. The van der Waals surface area contributed by atoms with Gasteiger partial charge in [-0.2, -0.15) is 0 Å². The quantitative estimate of drug-likeness (QED) is 0.699. The zero-order valence-corrected chi connectivity index (χ0v) is 8.74. The van der Waals surface area contributed by atoms with E-state index in [2.05, 4.69) is 15.0 Å². The zero-order chi connectivity index (χ0) is 11.3. The highest BCUT2D eigenvalue weighted by Crippen LogP contribution is 2.01. The maximum absolute atomic E-state index is 11.3. The highest BCUT2D eigenvalue weighted by Gasteiger charge is 2.20. The van der Waals surface area contributed by atoms with Gasteiger partial charge in [0, 0.05) is 25.2 Å². The summed E-state index contributed by atoms with van der Waals surface area (Å²) in [5.74, 6) is -0.697. The number of ether oxygens (including phenoxy) is 1. The van der Waals surface area contributed by atoms with Crippen molar-refractivity contribution in [2.24, 2.45) is 0 Å². The summed E-state index contributed by atoms with van der Waals surface area (Å²) >= 11 is 0. The van der Waals surface area contributed by atoms with E-state index in [1.165, 1.54) is 14.0 Å². The van der Waals surface area contributed by atoms with Crippen LogP contribution in [0.3, 0.4) is 0 Å². The molecule has 0 fully saturated rings. The molecule has 0 aromatic carbocycles. The Balaban J connectivity index is 2.64. The minimum Gasteiger partial charge on any atom is -0.467 e. The van der Waals surface area contributed by atoms with Crippen LogP contribution in [-0.2, 0) is 20.7 Å². The largest absolute Gasteiger partial charge is 0.467 e. The van der Waals surface area contributed by atoms with Crippen molar-refractivity contribution < 1.29 is 14.3 Å². The van der Waals surface area contributed by atoms with Gasteiger partial charge >= 0.3 is 5.97 Å². The molecular formula is C10H14N2O3. The van der Waals surface area contributed by atoms with Gasteiger partial charge in [-0.3, -0.25) is 4.79 Å². The second-order valence-corrected chi connectivity index (χ2v) is 3.18. The Hall–Kier alpha value is -1.78. The average molecular weight is 210 g/mol. The molecule has 1 aromatic rings. The minimum absolute atomic E-state index is 0.253. The van der Waals surface area contributed by atoms with Gasteiger partial charge in [-0.25, -0.2) is 4.79 Å². The van der Waals surface area contributed by atoms with E-state index < -0.39 is 12.0 Å².